The lowest BCUT2D eigenvalue weighted by Crippen LogP contribution is -2.30. The summed E-state index contributed by atoms with van der Waals surface area (Å²) in [5.41, 5.74) is 0. The van der Waals surface area contributed by atoms with Gasteiger partial charge in [-0.3, -0.25) is 14.4 Å². The highest BCUT2D eigenvalue weighted by atomic mass is 16.6. The van der Waals surface area contributed by atoms with Crippen molar-refractivity contribution in [2.45, 2.75) is 194 Å². The molecular weight excluding hydrogens is 757 g/mol. The number of hydrogen-bond donors (Lipinski definition) is 0. The molecule has 0 amide bonds. The minimum atomic E-state index is -0.829. The molecule has 0 aromatic rings. The van der Waals surface area contributed by atoms with Gasteiger partial charge in [0.05, 0.1) is 0 Å². The lowest BCUT2D eigenvalue weighted by Gasteiger charge is -2.18. The Morgan fingerprint density at radius 1 is 0.361 bits per heavy atom. The molecule has 0 saturated carbocycles. The highest BCUT2D eigenvalue weighted by Crippen LogP contribution is 2.11. The standard InChI is InChI=1S/C55H86O6/c1-4-7-10-13-16-19-22-25-26-27-28-31-33-36-39-42-45-48-54(57)60-51-52(61-55(58)49-46-43-40-37-34-30-24-21-18-15-12-9-6-3)50-59-53(56)47-44-41-38-35-32-29-23-20-17-14-11-8-5-2/h7,9-10,12,15-16,18-19,21,24-26,28-32,34,36,39,52H,4-6,8,11,13-14,17,20,22-23,27,33,35,37-38,40-51H2,1-3H3/b10-7-,12-9-,18-15-,19-16-,24-21-,26-25-,31-28-,32-29-,34-30-,39-36-. The van der Waals surface area contributed by atoms with E-state index in [-0.39, 0.29) is 44.0 Å². The van der Waals surface area contributed by atoms with E-state index in [1.54, 1.807) is 0 Å². The largest absolute Gasteiger partial charge is 0.462 e. The van der Waals surface area contributed by atoms with E-state index >= 15 is 0 Å². The third-order valence-electron chi connectivity index (χ3n) is 9.53. The molecule has 0 heterocycles. The summed E-state index contributed by atoms with van der Waals surface area (Å²) in [6.07, 6.45) is 66.2. The number of ether oxygens (including phenoxy) is 3. The molecular formula is C55H86O6. The Bertz CT molecular complexity index is 1340. The van der Waals surface area contributed by atoms with Crippen LogP contribution in [0.25, 0.3) is 0 Å². The molecule has 0 aromatic heterocycles. The van der Waals surface area contributed by atoms with Crippen LogP contribution in [0.5, 0.6) is 0 Å². The summed E-state index contributed by atoms with van der Waals surface area (Å²) < 4.78 is 16.6. The van der Waals surface area contributed by atoms with E-state index in [0.717, 1.165) is 96.3 Å². The lowest BCUT2D eigenvalue weighted by molar-refractivity contribution is -0.167. The predicted octanol–water partition coefficient (Wildman–Crippen LogP) is 15.7. The maximum absolute atomic E-state index is 12.7. The number of rotatable bonds is 41. The highest BCUT2D eigenvalue weighted by Gasteiger charge is 2.19. The smallest absolute Gasteiger partial charge is 0.306 e. The number of hydrogen-bond acceptors (Lipinski definition) is 6. The van der Waals surface area contributed by atoms with Gasteiger partial charge in [-0.25, -0.2) is 0 Å². The first-order chi connectivity index (χ1) is 30.0. The summed E-state index contributed by atoms with van der Waals surface area (Å²) in [5.74, 6) is -1.05. The Morgan fingerprint density at radius 3 is 1.28 bits per heavy atom. The Kier molecular flexibility index (Phi) is 45.1. The summed E-state index contributed by atoms with van der Waals surface area (Å²) in [7, 11) is 0. The molecule has 0 aromatic carbocycles. The van der Waals surface area contributed by atoms with E-state index in [4.69, 9.17) is 14.2 Å². The van der Waals surface area contributed by atoms with Crippen LogP contribution in [0.15, 0.2) is 122 Å². The summed E-state index contributed by atoms with van der Waals surface area (Å²) in [6.45, 7) is 6.25. The predicted molar refractivity (Wildman–Crippen MR) is 260 cm³/mol. The van der Waals surface area contributed by atoms with Gasteiger partial charge in [0, 0.05) is 19.3 Å². The molecule has 0 fully saturated rings. The van der Waals surface area contributed by atoms with Crippen LogP contribution in [-0.2, 0) is 28.6 Å². The Morgan fingerprint density at radius 2 is 0.738 bits per heavy atom. The van der Waals surface area contributed by atoms with Gasteiger partial charge in [0.25, 0.3) is 0 Å². The van der Waals surface area contributed by atoms with Gasteiger partial charge < -0.3 is 14.2 Å². The maximum atomic E-state index is 12.7. The average molecular weight is 843 g/mol. The normalized spacial score (nSPS) is 13.2. The molecule has 0 radical (unpaired) electrons. The number of unbranched alkanes of at least 4 members (excludes halogenated alkanes) is 13. The van der Waals surface area contributed by atoms with Crippen LogP contribution < -0.4 is 0 Å². The fourth-order valence-electron chi connectivity index (χ4n) is 5.95. The Hall–Kier alpha value is -4.19. The van der Waals surface area contributed by atoms with Crippen LogP contribution in [0.1, 0.15) is 188 Å². The maximum Gasteiger partial charge on any atom is 0.306 e. The molecule has 6 heteroatoms. The lowest BCUT2D eigenvalue weighted by atomic mass is 10.1. The van der Waals surface area contributed by atoms with Gasteiger partial charge in [-0.2, -0.15) is 0 Å². The Labute approximate surface area is 373 Å². The first-order valence-corrected chi connectivity index (χ1v) is 24.1. The molecule has 6 nitrogen and oxygen atoms in total. The fraction of sp³-hybridized carbons (Fsp3) is 0.582. The summed E-state index contributed by atoms with van der Waals surface area (Å²) >= 11 is 0. The Balaban J connectivity index is 4.58. The summed E-state index contributed by atoms with van der Waals surface area (Å²) in [4.78, 5) is 37.8. The van der Waals surface area contributed by atoms with Gasteiger partial charge in [-0.15, -0.1) is 0 Å². The minimum Gasteiger partial charge on any atom is -0.462 e. The van der Waals surface area contributed by atoms with Gasteiger partial charge in [-0.1, -0.05) is 187 Å². The minimum absolute atomic E-state index is 0.124. The van der Waals surface area contributed by atoms with E-state index in [0.29, 0.717) is 19.3 Å². The number of esters is 3. The second kappa shape index (κ2) is 48.5. The molecule has 0 spiro atoms. The van der Waals surface area contributed by atoms with Crippen LogP contribution in [0, 0.1) is 0 Å². The summed E-state index contributed by atoms with van der Waals surface area (Å²) in [5, 5.41) is 0. The van der Waals surface area contributed by atoms with Crippen LogP contribution in [0.4, 0.5) is 0 Å². The quantitative estimate of drug-likeness (QED) is 0.0201. The first-order valence-electron chi connectivity index (χ1n) is 24.1. The topological polar surface area (TPSA) is 78.9 Å². The number of carbonyl (C=O) groups is 3. The molecule has 0 aliphatic heterocycles. The van der Waals surface area contributed by atoms with E-state index < -0.39 is 6.10 Å². The third-order valence-corrected chi connectivity index (χ3v) is 9.53. The highest BCUT2D eigenvalue weighted by molar-refractivity contribution is 5.71. The molecule has 0 aliphatic carbocycles. The molecule has 1 atom stereocenters. The van der Waals surface area contributed by atoms with Crippen molar-refractivity contribution in [3.63, 3.8) is 0 Å². The molecule has 1 unspecified atom stereocenters. The second-order valence-electron chi connectivity index (χ2n) is 15.3. The SMILES string of the molecule is CC\C=C/C=C\C=C/C=C\CCCCCC(=O)OC(COC(=O)CCC/C=C\C/C=C\C/C=C\C/C=C\C/C=C\CC)COC(=O)CCCCC/C=C\CCCCCCCC. The average Bonchev–Trinajstić information content (AvgIpc) is 3.26. The van der Waals surface area contributed by atoms with Crippen molar-refractivity contribution in [1.82, 2.24) is 0 Å². The van der Waals surface area contributed by atoms with Crippen molar-refractivity contribution < 1.29 is 28.6 Å². The molecule has 0 aliphatic rings. The zero-order valence-corrected chi connectivity index (χ0v) is 38.9. The van der Waals surface area contributed by atoms with Crippen LogP contribution in [-0.4, -0.2) is 37.2 Å². The van der Waals surface area contributed by atoms with Gasteiger partial charge in [-0.05, 0) is 103 Å². The molecule has 0 bridgehead atoms. The van der Waals surface area contributed by atoms with E-state index in [2.05, 4.69) is 106 Å². The van der Waals surface area contributed by atoms with Crippen molar-refractivity contribution in [3.8, 4) is 0 Å². The van der Waals surface area contributed by atoms with Crippen molar-refractivity contribution in [2.75, 3.05) is 13.2 Å². The van der Waals surface area contributed by atoms with Gasteiger partial charge >= 0.3 is 17.9 Å². The van der Waals surface area contributed by atoms with E-state index in [1.807, 2.05) is 36.5 Å². The number of carbonyl (C=O) groups excluding carboxylic acids is 3. The van der Waals surface area contributed by atoms with Gasteiger partial charge in [0.2, 0.25) is 0 Å². The van der Waals surface area contributed by atoms with Crippen molar-refractivity contribution in [1.29, 1.82) is 0 Å². The molecule has 342 valence electrons. The molecule has 61 heavy (non-hydrogen) atoms. The third kappa shape index (κ3) is 46.7. The molecule has 0 saturated heterocycles. The number of allylic oxidation sites excluding steroid dienone is 20. The molecule has 0 N–H and O–H groups in total. The van der Waals surface area contributed by atoms with E-state index in [1.165, 1.54) is 38.5 Å². The van der Waals surface area contributed by atoms with Crippen LogP contribution in [0.3, 0.4) is 0 Å². The van der Waals surface area contributed by atoms with Gasteiger partial charge in [0.1, 0.15) is 13.2 Å². The second-order valence-corrected chi connectivity index (χ2v) is 15.3. The van der Waals surface area contributed by atoms with Crippen molar-refractivity contribution >= 4 is 17.9 Å². The fourth-order valence-corrected chi connectivity index (χ4v) is 5.95. The summed E-state index contributed by atoms with van der Waals surface area (Å²) in [6, 6.07) is 0. The first kappa shape index (κ1) is 56.8. The zero-order chi connectivity index (χ0) is 44.4. The van der Waals surface area contributed by atoms with Crippen molar-refractivity contribution in [2.24, 2.45) is 0 Å². The van der Waals surface area contributed by atoms with Gasteiger partial charge in [0.15, 0.2) is 6.10 Å². The van der Waals surface area contributed by atoms with Crippen LogP contribution >= 0.6 is 0 Å². The van der Waals surface area contributed by atoms with Crippen molar-refractivity contribution in [3.05, 3.63) is 122 Å². The molecule has 0 rings (SSSR count). The monoisotopic (exact) mass is 843 g/mol. The zero-order valence-electron chi connectivity index (χ0n) is 38.9. The van der Waals surface area contributed by atoms with E-state index in [9.17, 15) is 14.4 Å². The van der Waals surface area contributed by atoms with Crippen LogP contribution in [0.2, 0.25) is 0 Å².